The van der Waals surface area contributed by atoms with Crippen LogP contribution in [-0.2, 0) is 0 Å². The lowest BCUT2D eigenvalue weighted by Gasteiger charge is -2.20. The Morgan fingerprint density at radius 1 is 0.969 bits per heavy atom. The summed E-state index contributed by atoms with van der Waals surface area (Å²) in [5, 5.41) is 1.34. The number of hydrogen-bond acceptors (Lipinski definition) is 2. The van der Waals surface area contributed by atoms with Gasteiger partial charge in [-0.15, -0.1) is 0 Å². The van der Waals surface area contributed by atoms with Gasteiger partial charge in [0, 0.05) is 22.0 Å². The number of fused-ring (bicyclic) bond motifs is 1. The molecule has 0 unspecified atom stereocenters. The second-order valence-electron chi connectivity index (χ2n) is 8.10. The zero-order valence-corrected chi connectivity index (χ0v) is 19.1. The summed E-state index contributed by atoms with van der Waals surface area (Å²) in [5.41, 5.74) is 4.04. The molecule has 0 spiro atoms. The summed E-state index contributed by atoms with van der Waals surface area (Å²) in [5.74, 6) is -0.326. The van der Waals surface area contributed by atoms with Crippen LogP contribution in [0.15, 0.2) is 83.7 Å². The molecule has 0 aliphatic carbocycles. The Bertz CT molecular complexity index is 1400. The third-order valence-corrected chi connectivity index (χ3v) is 5.83. The van der Waals surface area contributed by atoms with Crippen LogP contribution in [0.2, 0.25) is 5.02 Å². The molecule has 4 heteroatoms. The summed E-state index contributed by atoms with van der Waals surface area (Å²) in [6, 6.07) is 22.7. The Morgan fingerprint density at radius 3 is 2.34 bits per heavy atom. The summed E-state index contributed by atoms with van der Waals surface area (Å²) < 4.78 is 1.67. The van der Waals surface area contributed by atoms with Gasteiger partial charge in [-0.05, 0) is 61.7 Å². The standard InChI is InChI=1S/C28H24ClNO2/c1-18(2)30-24-15-14-22(29)17-23(24)26(21-11-5-4-6-12-21)27(28(30)32)25(31)16-13-20-10-8-7-9-19(20)3/h4-18H,1-3H3/b16-13+. The molecular formula is C28H24ClNO2. The van der Waals surface area contributed by atoms with Crippen molar-refractivity contribution in [2.75, 3.05) is 0 Å². The van der Waals surface area contributed by atoms with E-state index in [4.69, 9.17) is 11.6 Å². The first-order chi connectivity index (χ1) is 15.4. The number of aryl methyl sites for hydroxylation is 1. The zero-order chi connectivity index (χ0) is 22.8. The lowest BCUT2D eigenvalue weighted by atomic mass is 9.93. The molecule has 160 valence electrons. The quantitative estimate of drug-likeness (QED) is 0.244. The van der Waals surface area contributed by atoms with Crippen LogP contribution in [0, 0.1) is 6.92 Å². The molecule has 0 aliphatic rings. The van der Waals surface area contributed by atoms with Crippen molar-refractivity contribution in [1.82, 2.24) is 4.57 Å². The fraction of sp³-hybridized carbons (Fsp3) is 0.143. The van der Waals surface area contributed by atoms with Crippen LogP contribution in [0.5, 0.6) is 0 Å². The van der Waals surface area contributed by atoms with E-state index in [0.29, 0.717) is 10.6 Å². The molecule has 0 bridgehead atoms. The monoisotopic (exact) mass is 441 g/mol. The number of pyridine rings is 1. The highest BCUT2D eigenvalue weighted by molar-refractivity contribution is 6.31. The predicted molar refractivity (Wildman–Crippen MR) is 134 cm³/mol. The number of halogens is 1. The number of hydrogen-bond donors (Lipinski definition) is 0. The van der Waals surface area contributed by atoms with Gasteiger partial charge >= 0.3 is 0 Å². The van der Waals surface area contributed by atoms with Gasteiger partial charge in [0.1, 0.15) is 0 Å². The van der Waals surface area contributed by atoms with Gasteiger partial charge in [-0.25, -0.2) is 0 Å². The molecule has 1 heterocycles. The topological polar surface area (TPSA) is 39.1 Å². The highest BCUT2D eigenvalue weighted by Crippen LogP contribution is 2.33. The summed E-state index contributed by atoms with van der Waals surface area (Å²) in [6.45, 7) is 5.87. The minimum atomic E-state index is -0.326. The average molecular weight is 442 g/mol. The molecule has 0 radical (unpaired) electrons. The van der Waals surface area contributed by atoms with E-state index < -0.39 is 0 Å². The second kappa shape index (κ2) is 8.97. The molecule has 3 aromatic carbocycles. The van der Waals surface area contributed by atoms with E-state index in [2.05, 4.69) is 0 Å². The first-order valence-electron chi connectivity index (χ1n) is 10.6. The molecular weight excluding hydrogens is 418 g/mol. The highest BCUT2D eigenvalue weighted by atomic mass is 35.5. The summed E-state index contributed by atoms with van der Waals surface area (Å²) in [4.78, 5) is 27.2. The molecule has 0 aliphatic heterocycles. The number of ketones is 1. The third-order valence-electron chi connectivity index (χ3n) is 5.60. The largest absolute Gasteiger partial charge is 0.305 e. The number of carbonyl (C=O) groups is 1. The Morgan fingerprint density at radius 2 is 1.66 bits per heavy atom. The minimum Gasteiger partial charge on any atom is -0.305 e. The number of nitrogens with zero attached hydrogens (tertiary/aromatic N) is 1. The maximum Gasteiger partial charge on any atom is 0.263 e. The van der Waals surface area contributed by atoms with Gasteiger partial charge < -0.3 is 4.57 Å². The molecule has 3 nitrogen and oxygen atoms in total. The molecule has 1 aromatic heterocycles. The van der Waals surface area contributed by atoms with Crippen LogP contribution >= 0.6 is 11.6 Å². The molecule has 0 N–H and O–H groups in total. The van der Waals surface area contributed by atoms with Gasteiger partial charge in [0.05, 0.1) is 11.1 Å². The number of rotatable bonds is 5. The Hall–Kier alpha value is -3.43. The van der Waals surface area contributed by atoms with Crippen LogP contribution < -0.4 is 5.56 Å². The van der Waals surface area contributed by atoms with Gasteiger partial charge in [-0.3, -0.25) is 9.59 Å². The van der Waals surface area contributed by atoms with Crippen LogP contribution in [-0.4, -0.2) is 10.4 Å². The molecule has 4 aromatic rings. The van der Waals surface area contributed by atoms with E-state index in [0.717, 1.165) is 27.6 Å². The average Bonchev–Trinajstić information content (AvgIpc) is 2.78. The third kappa shape index (κ3) is 4.04. The molecule has 0 amide bonds. The van der Waals surface area contributed by atoms with Gasteiger partial charge in [0.25, 0.3) is 5.56 Å². The van der Waals surface area contributed by atoms with Crippen molar-refractivity contribution >= 4 is 34.4 Å². The van der Waals surface area contributed by atoms with Crippen LogP contribution in [0.25, 0.3) is 28.1 Å². The molecule has 0 saturated heterocycles. The van der Waals surface area contributed by atoms with Crippen molar-refractivity contribution in [3.8, 4) is 11.1 Å². The van der Waals surface area contributed by atoms with Crippen molar-refractivity contribution in [2.24, 2.45) is 0 Å². The summed E-state index contributed by atoms with van der Waals surface area (Å²) in [6.07, 6.45) is 3.26. The van der Waals surface area contributed by atoms with Crippen LogP contribution in [0.1, 0.15) is 41.4 Å². The summed E-state index contributed by atoms with van der Waals surface area (Å²) in [7, 11) is 0. The van der Waals surface area contributed by atoms with Crippen molar-refractivity contribution in [1.29, 1.82) is 0 Å². The number of aromatic nitrogens is 1. The SMILES string of the molecule is Cc1ccccc1/C=C/C(=O)c1c(-c2ccccc2)c2cc(Cl)ccc2n(C(C)C)c1=O. The normalized spacial score (nSPS) is 11.5. The minimum absolute atomic E-state index is 0.122. The Labute approximate surface area is 192 Å². The van der Waals surface area contributed by atoms with Gasteiger partial charge in [0.15, 0.2) is 5.78 Å². The second-order valence-corrected chi connectivity index (χ2v) is 8.54. The highest BCUT2D eigenvalue weighted by Gasteiger charge is 2.23. The van der Waals surface area contributed by atoms with Gasteiger partial charge in [-0.2, -0.15) is 0 Å². The van der Waals surface area contributed by atoms with E-state index in [1.807, 2.05) is 87.5 Å². The molecule has 0 fully saturated rings. The molecule has 4 rings (SSSR count). The van der Waals surface area contributed by atoms with E-state index in [1.165, 1.54) is 6.08 Å². The number of benzene rings is 3. The predicted octanol–water partition coefficient (Wildman–Crippen LogP) is 7.11. The fourth-order valence-corrected chi connectivity index (χ4v) is 4.23. The van der Waals surface area contributed by atoms with E-state index in [9.17, 15) is 9.59 Å². The first kappa shape index (κ1) is 21.8. The molecule has 32 heavy (non-hydrogen) atoms. The lowest BCUT2D eigenvalue weighted by Crippen LogP contribution is -2.29. The summed E-state index contributed by atoms with van der Waals surface area (Å²) >= 11 is 6.35. The Kier molecular flexibility index (Phi) is 6.11. The zero-order valence-electron chi connectivity index (χ0n) is 18.3. The smallest absolute Gasteiger partial charge is 0.263 e. The number of carbonyl (C=O) groups excluding carboxylic acids is 1. The van der Waals surface area contributed by atoms with Crippen molar-refractivity contribution < 1.29 is 4.79 Å². The molecule has 0 saturated carbocycles. The molecule has 0 atom stereocenters. The lowest BCUT2D eigenvalue weighted by molar-refractivity contribution is 0.104. The van der Waals surface area contributed by atoms with Crippen LogP contribution in [0.4, 0.5) is 0 Å². The maximum absolute atomic E-state index is 13.7. The number of allylic oxidation sites excluding steroid dienone is 1. The first-order valence-corrected chi connectivity index (χ1v) is 11.0. The van der Waals surface area contributed by atoms with E-state index in [-0.39, 0.29) is 22.9 Å². The van der Waals surface area contributed by atoms with Crippen LogP contribution in [0.3, 0.4) is 0 Å². The van der Waals surface area contributed by atoms with Gasteiger partial charge in [0.2, 0.25) is 0 Å². The van der Waals surface area contributed by atoms with Gasteiger partial charge in [-0.1, -0.05) is 72.3 Å². The maximum atomic E-state index is 13.7. The van der Waals surface area contributed by atoms with Crippen molar-refractivity contribution in [2.45, 2.75) is 26.8 Å². The van der Waals surface area contributed by atoms with Crippen molar-refractivity contribution in [3.63, 3.8) is 0 Å². The van der Waals surface area contributed by atoms with E-state index >= 15 is 0 Å². The fourth-order valence-electron chi connectivity index (χ4n) is 4.06. The van der Waals surface area contributed by atoms with Crippen molar-refractivity contribution in [3.05, 3.63) is 111 Å². The van der Waals surface area contributed by atoms with E-state index in [1.54, 1.807) is 16.7 Å². The Balaban J connectivity index is 2.04.